The highest BCUT2D eigenvalue weighted by molar-refractivity contribution is 8.00. The topological polar surface area (TPSA) is 37.4 Å². The van der Waals surface area contributed by atoms with Gasteiger partial charge in [-0.1, -0.05) is 26.0 Å². The molecule has 0 unspecified atom stereocenters. The van der Waals surface area contributed by atoms with Gasteiger partial charge in [0.05, 0.1) is 5.75 Å². The van der Waals surface area contributed by atoms with E-state index in [1.165, 1.54) is 0 Å². The highest BCUT2D eigenvalue weighted by Gasteiger charge is 2.20. The van der Waals surface area contributed by atoms with Crippen LogP contribution in [0.1, 0.15) is 49.9 Å². The van der Waals surface area contributed by atoms with E-state index in [0.717, 1.165) is 48.7 Å². The number of hydrogen-bond acceptors (Lipinski definition) is 3. The lowest BCUT2D eigenvalue weighted by molar-refractivity contribution is -0.129. The number of benzene rings is 1. The molecular formula is C18H25NO2S. The number of thioether (sulfide) groups is 1. The normalized spacial score (nSPS) is 15.8. The van der Waals surface area contributed by atoms with Crippen LogP contribution >= 0.6 is 11.8 Å². The number of rotatable bonds is 6. The van der Waals surface area contributed by atoms with Crippen LogP contribution in [-0.2, 0) is 4.79 Å². The summed E-state index contributed by atoms with van der Waals surface area (Å²) in [7, 11) is 0. The van der Waals surface area contributed by atoms with Gasteiger partial charge in [-0.3, -0.25) is 9.59 Å². The van der Waals surface area contributed by atoms with E-state index in [1.807, 2.05) is 36.1 Å². The second-order valence-electron chi connectivity index (χ2n) is 6.05. The van der Waals surface area contributed by atoms with Gasteiger partial charge >= 0.3 is 0 Å². The van der Waals surface area contributed by atoms with E-state index >= 15 is 0 Å². The molecule has 120 valence electrons. The second kappa shape index (κ2) is 8.37. The Hall–Kier alpha value is -1.29. The van der Waals surface area contributed by atoms with Gasteiger partial charge in [0.2, 0.25) is 5.91 Å². The lowest BCUT2D eigenvalue weighted by Crippen LogP contribution is -2.38. The summed E-state index contributed by atoms with van der Waals surface area (Å²) in [4.78, 5) is 27.0. The number of ketones is 1. The summed E-state index contributed by atoms with van der Waals surface area (Å²) in [5, 5.41) is 0. The van der Waals surface area contributed by atoms with Crippen molar-refractivity contribution in [3.63, 3.8) is 0 Å². The van der Waals surface area contributed by atoms with Crippen molar-refractivity contribution in [2.45, 2.75) is 44.4 Å². The quantitative estimate of drug-likeness (QED) is 0.587. The third kappa shape index (κ3) is 4.87. The Labute approximate surface area is 137 Å². The molecule has 22 heavy (non-hydrogen) atoms. The standard InChI is InChI=1S/C18H25NO2S/c1-3-4-17(20)15-5-7-16(8-6-15)22-13-18(21)19-11-9-14(2)10-12-19/h5-8,14H,3-4,9-13H2,1-2H3. The maximum Gasteiger partial charge on any atom is 0.232 e. The number of amides is 1. The molecule has 1 saturated heterocycles. The fourth-order valence-electron chi connectivity index (χ4n) is 2.60. The number of hydrogen-bond donors (Lipinski definition) is 0. The molecule has 1 aliphatic heterocycles. The molecule has 2 rings (SSSR count). The summed E-state index contributed by atoms with van der Waals surface area (Å²) in [6.07, 6.45) is 3.70. The highest BCUT2D eigenvalue weighted by atomic mass is 32.2. The van der Waals surface area contributed by atoms with Crippen LogP contribution in [0.3, 0.4) is 0 Å². The maximum atomic E-state index is 12.2. The second-order valence-corrected chi connectivity index (χ2v) is 7.10. The molecule has 0 atom stereocenters. The van der Waals surface area contributed by atoms with Crippen molar-refractivity contribution in [1.29, 1.82) is 0 Å². The Morgan fingerprint density at radius 1 is 1.18 bits per heavy atom. The largest absolute Gasteiger partial charge is 0.342 e. The summed E-state index contributed by atoms with van der Waals surface area (Å²) in [6, 6.07) is 7.62. The van der Waals surface area contributed by atoms with E-state index < -0.39 is 0 Å². The zero-order valence-corrected chi connectivity index (χ0v) is 14.3. The van der Waals surface area contributed by atoms with Crippen molar-refractivity contribution in [3.8, 4) is 0 Å². The number of carbonyl (C=O) groups excluding carboxylic acids is 2. The Balaban J connectivity index is 1.81. The molecule has 1 aliphatic rings. The van der Waals surface area contributed by atoms with Crippen molar-refractivity contribution in [2.24, 2.45) is 5.92 Å². The molecule has 0 radical (unpaired) electrons. The number of likely N-dealkylation sites (tertiary alicyclic amines) is 1. The fraction of sp³-hybridized carbons (Fsp3) is 0.556. The Morgan fingerprint density at radius 3 is 2.41 bits per heavy atom. The van der Waals surface area contributed by atoms with E-state index in [-0.39, 0.29) is 11.7 Å². The first kappa shape index (κ1) is 17.1. The highest BCUT2D eigenvalue weighted by Crippen LogP contribution is 2.22. The summed E-state index contributed by atoms with van der Waals surface area (Å²) >= 11 is 1.55. The molecule has 4 heteroatoms. The Kier molecular flexibility index (Phi) is 6.49. The van der Waals surface area contributed by atoms with Crippen LogP contribution in [-0.4, -0.2) is 35.4 Å². The first-order valence-electron chi connectivity index (χ1n) is 8.14. The first-order valence-corrected chi connectivity index (χ1v) is 9.12. The van der Waals surface area contributed by atoms with Crippen molar-refractivity contribution in [1.82, 2.24) is 4.90 Å². The maximum absolute atomic E-state index is 12.2. The molecule has 0 aliphatic carbocycles. The smallest absolute Gasteiger partial charge is 0.232 e. The molecule has 0 bridgehead atoms. The van der Waals surface area contributed by atoms with Crippen LogP contribution in [0.2, 0.25) is 0 Å². The van der Waals surface area contributed by atoms with Gasteiger partial charge in [0, 0.05) is 30.0 Å². The average molecular weight is 319 g/mol. The van der Waals surface area contributed by atoms with Gasteiger partial charge in [-0.05, 0) is 37.3 Å². The zero-order valence-electron chi connectivity index (χ0n) is 13.5. The SMILES string of the molecule is CCCC(=O)c1ccc(SCC(=O)N2CCC(C)CC2)cc1. The average Bonchev–Trinajstić information content (AvgIpc) is 2.54. The molecule has 0 aromatic heterocycles. The van der Waals surface area contributed by atoms with Crippen LogP contribution in [0.15, 0.2) is 29.2 Å². The fourth-order valence-corrected chi connectivity index (χ4v) is 3.40. The van der Waals surface area contributed by atoms with E-state index in [2.05, 4.69) is 6.92 Å². The number of nitrogens with zero attached hydrogens (tertiary/aromatic N) is 1. The lowest BCUT2D eigenvalue weighted by atomic mass is 9.99. The van der Waals surface area contributed by atoms with E-state index in [1.54, 1.807) is 11.8 Å². The van der Waals surface area contributed by atoms with Gasteiger partial charge in [0.15, 0.2) is 5.78 Å². The molecule has 0 N–H and O–H groups in total. The molecule has 3 nitrogen and oxygen atoms in total. The number of Topliss-reactive ketones (excluding diaryl/α,β-unsaturated/α-hetero) is 1. The van der Waals surface area contributed by atoms with Crippen molar-refractivity contribution in [2.75, 3.05) is 18.8 Å². The lowest BCUT2D eigenvalue weighted by Gasteiger charge is -2.30. The van der Waals surface area contributed by atoms with Crippen molar-refractivity contribution < 1.29 is 9.59 Å². The predicted molar refractivity (Wildman–Crippen MR) is 91.4 cm³/mol. The van der Waals surface area contributed by atoms with Crippen LogP contribution in [0, 0.1) is 5.92 Å². The number of piperidine rings is 1. The third-order valence-electron chi connectivity index (χ3n) is 4.15. The molecule has 1 aromatic rings. The summed E-state index contributed by atoms with van der Waals surface area (Å²) in [6.45, 7) is 6.04. The first-order chi connectivity index (χ1) is 10.6. The van der Waals surface area contributed by atoms with E-state index in [9.17, 15) is 9.59 Å². The van der Waals surface area contributed by atoms with Gasteiger partial charge < -0.3 is 4.90 Å². The minimum absolute atomic E-state index is 0.192. The molecule has 1 amide bonds. The Morgan fingerprint density at radius 2 is 1.82 bits per heavy atom. The zero-order chi connectivity index (χ0) is 15.9. The predicted octanol–water partition coefficient (Wildman–Crippen LogP) is 4.02. The Bertz CT molecular complexity index is 504. The summed E-state index contributed by atoms with van der Waals surface area (Å²) in [5.74, 6) is 1.64. The van der Waals surface area contributed by atoms with Crippen LogP contribution in [0.5, 0.6) is 0 Å². The van der Waals surface area contributed by atoms with Gasteiger partial charge in [0.25, 0.3) is 0 Å². The van der Waals surface area contributed by atoms with Crippen molar-refractivity contribution >= 4 is 23.5 Å². The van der Waals surface area contributed by atoms with Crippen LogP contribution < -0.4 is 0 Å². The molecule has 1 aromatic carbocycles. The van der Waals surface area contributed by atoms with E-state index in [4.69, 9.17) is 0 Å². The minimum atomic E-state index is 0.192. The summed E-state index contributed by atoms with van der Waals surface area (Å²) < 4.78 is 0. The minimum Gasteiger partial charge on any atom is -0.342 e. The molecule has 0 spiro atoms. The van der Waals surface area contributed by atoms with Gasteiger partial charge in [-0.2, -0.15) is 0 Å². The van der Waals surface area contributed by atoms with E-state index in [0.29, 0.717) is 12.2 Å². The monoisotopic (exact) mass is 319 g/mol. The van der Waals surface area contributed by atoms with Gasteiger partial charge in [0.1, 0.15) is 0 Å². The molecular weight excluding hydrogens is 294 g/mol. The molecule has 1 heterocycles. The van der Waals surface area contributed by atoms with Crippen LogP contribution in [0.4, 0.5) is 0 Å². The molecule has 1 fully saturated rings. The van der Waals surface area contributed by atoms with Gasteiger partial charge in [-0.15, -0.1) is 11.8 Å². The third-order valence-corrected chi connectivity index (χ3v) is 5.15. The number of carbonyl (C=O) groups is 2. The van der Waals surface area contributed by atoms with Crippen molar-refractivity contribution in [3.05, 3.63) is 29.8 Å². The van der Waals surface area contributed by atoms with Gasteiger partial charge in [-0.25, -0.2) is 0 Å². The molecule has 0 saturated carbocycles. The summed E-state index contributed by atoms with van der Waals surface area (Å²) in [5.41, 5.74) is 0.766. The van der Waals surface area contributed by atoms with Crippen LogP contribution in [0.25, 0.3) is 0 Å².